The number of methoxy groups -OCH3 is 1. The number of nitrogens with zero attached hydrogens (tertiary/aromatic N) is 1. The minimum Gasteiger partial charge on any atom is -0.497 e. The molecule has 4 heteroatoms. The van der Waals surface area contributed by atoms with Gasteiger partial charge in [0.1, 0.15) is 5.75 Å². The van der Waals surface area contributed by atoms with Crippen molar-refractivity contribution in [3.63, 3.8) is 0 Å². The van der Waals surface area contributed by atoms with Gasteiger partial charge in [0.05, 0.1) is 7.11 Å². The lowest BCUT2D eigenvalue weighted by Crippen LogP contribution is -2.59. The molecule has 1 N–H and O–H groups in total. The number of amides is 1. The Balaban J connectivity index is 1.42. The van der Waals surface area contributed by atoms with E-state index in [1.54, 1.807) is 13.3 Å². The lowest BCUT2D eigenvalue weighted by molar-refractivity contribution is -0.124. The maximum atomic E-state index is 12.6. The van der Waals surface area contributed by atoms with Crippen molar-refractivity contribution < 1.29 is 9.53 Å². The molecule has 2 aliphatic rings. The van der Waals surface area contributed by atoms with Crippen LogP contribution in [-0.4, -0.2) is 24.0 Å². The Morgan fingerprint density at radius 2 is 1.93 bits per heavy atom. The number of rotatable bonds is 6. The van der Waals surface area contributed by atoms with Crippen LogP contribution in [0.25, 0.3) is 0 Å². The first kappa shape index (κ1) is 18.0. The van der Waals surface area contributed by atoms with E-state index in [-0.39, 0.29) is 11.9 Å². The van der Waals surface area contributed by atoms with Crippen LogP contribution in [0.4, 0.5) is 0 Å². The summed E-state index contributed by atoms with van der Waals surface area (Å²) >= 11 is 0. The van der Waals surface area contributed by atoms with E-state index in [0.717, 1.165) is 17.7 Å². The lowest BCUT2D eigenvalue weighted by Gasteiger charge is -2.55. The molecule has 1 heterocycles. The molecule has 0 bridgehead atoms. The first-order valence-corrected chi connectivity index (χ1v) is 10.1. The number of benzene rings is 1. The van der Waals surface area contributed by atoms with Gasteiger partial charge in [-0.2, -0.15) is 0 Å². The molecule has 2 aromatic rings. The molecule has 0 radical (unpaired) electrons. The van der Waals surface area contributed by atoms with Crippen LogP contribution in [0.15, 0.2) is 48.8 Å². The largest absolute Gasteiger partial charge is 0.497 e. The van der Waals surface area contributed by atoms with Crippen LogP contribution in [0.2, 0.25) is 0 Å². The number of carbonyl (C=O) groups excluding carboxylic acids is 1. The van der Waals surface area contributed by atoms with E-state index in [1.807, 2.05) is 30.5 Å². The van der Waals surface area contributed by atoms with Crippen molar-refractivity contribution in [3.05, 3.63) is 59.9 Å². The summed E-state index contributed by atoms with van der Waals surface area (Å²) in [6.07, 6.45) is 10.00. The summed E-state index contributed by atoms with van der Waals surface area (Å²) in [5.74, 6) is 2.81. The molecule has 0 aliphatic heterocycles. The maximum absolute atomic E-state index is 12.6. The van der Waals surface area contributed by atoms with Crippen molar-refractivity contribution in [2.45, 2.75) is 50.5 Å². The Bertz CT molecular complexity index is 760. The van der Waals surface area contributed by atoms with E-state index in [2.05, 4.69) is 22.4 Å². The highest BCUT2D eigenvalue weighted by atomic mass is 16.5. The zero-order chi connectivity index (χ0) is 18.6. The van der Waals surface area contributed by atoms with Gasteiger partial charge in [-0.05, 0) is 60.4 Å². The Kier molecular flexibility index (Phi) is 5.42. The summed E-state index contributed by atoms with van der Waals surface area (Å²) in [7, 11) is 1.70. The zero-order valence-electron chi connectivity index (χ0n) is 15.9. The summed E-state index contributed by atoms with van der Waals surface area (Å²) in [5.41, 5.74) is 2.44. The highest BCUT2D eigenvalue weighted by molar-refractivity contribution is 5.77. The van der Waals surface area contributed by atoms with Gasteiger partial charge in [-0.3, -0.25) is 9.78 Å². The number of hydrogen-bond donors (Lipinski definition) is 1. The molecule has 142 valence electrons. The second-order valence-corrected chi connectivity index (χ2v) is 7.87. The monoisotopic (exact) mass is 364 g/mol. The van der Waals surface area contributed by atoms with Gasteiger partial charge in [-0.15, -0.1) is 0 Å². The van der Waals surface area contributed by atoms with E-state index in [1.165, 1.54) is 31.2 Å². The molecule has 2 saturated carbocycles. The van der Waals surface area contributed by atoms with Gasteiger partial charge in [0, 0.05) is 30.8 Å². The minimum atomic E-state index is 0.159. The highest BCUT2D eigenvalue weighted by Crippen LogP contribution is 2.54. The normalized spacial score (nSPS) is 26.6. The topological polar surface area (TPSA) is 51.2 Å². The number of nitrogens with one attached hydrogen (secondary N) is 1. The summed E-state index contributed by atoms with van der Waals surface area (Å²) in [4.78, 5) is 16.7. The van der Waals surface area contributed by atoms with Crippen LogP contribution in [0.1, 0.15) is 49.1 Å². The average molecular weight is 364 g/mol. The summed E-state index contributed by atoms with van der Waals surface area (Å²) in [5, 5.41) is 3.37. The Morgan fingerprint density at radius 1 is 1.15 bits per heavy atom. The second-order valence-electron chi connectivity index (χ2n) is 7.87. The molecule has 2 unspecified atom stereocenters. The van der Waals surface area contributed by atoms with Crippen molar-refractivity contribution in [1.82, 2.24) is 10.3 Å². The first-order valence-electron chi connectivity index (χ1n) is 10.1. The standard InChI is InChI=1S/C23H28N2O2/c1-27-18-11-9-17(10-12-18)22-19-6-2-3-7-20(19)23(22)25-21(26)13-8-16-5-4-14-24-15-16/h4-5,9-12,14-15,19-20,22-23H,2-3,6-8,13H2,1H3,(H,25,26)/t19?,20?,22-,23-/m0/s1. The first-order chi connectivity index (χ1) is 13.3. The number of pyridine rings is 1. The molecule has 4 rings (SSSR count). The molecule has 0 spiro atoms. The van der Waals surface area contributed by atoms with Crippen molar-refractivity contribution in [2.24, 2.45) is 11.8 Å². The van der Waals surface area contributed by atoms with Crippen molar-refractivity contribution in [3.8, 4) is 5.75 Å². The molecule has 1 aromatic carbocycles. The molecule has 1 aromatic heterocycles. The lowest BCUT2D eigenvalue weighted by atomic mass is 9.53. The maximum Gasteiger partial charge on any atom is 0.220 e. The van der Waals surface area contributed by atoms with Crippen LogP contribution in [-0.2, 0) is 11.2 Å². The molecular formula is C23H28N2O2. The second kappa shape index (κ2) is 8.12. The Hall–Kier alpha value is -2.36. The SMILES string of the molecule is COc1ccc([C@H]2C3CCCCC3[C@@H]2NC(=O)CCc2cccnc2)cc1. The molecular weight excluding hydrogens is 336 g/mol. The third kappa shape index (κ3) is 3.85. The summed E-state index contributed by atoms with van der Waals surface area (Å²) in [6, 6.07) is 12.6. The van der Waals surface area contributed by atoms with Crippen LogP contribution in [0, 0.1) is 11.8 Å². The Morgan fingerprint density at radius 3 is 2.63 bits per heavy atom. The number of carbonyl (C=O) groups is 1. The third-order valence-corrected chi connectivity index (χ3v) is 6.38. The van der Waals surface area contributed by atoms with Crippen LogP contribution in [0.5, 0.6) is 5.75 Å². The van der Waals surface area contributed by atoms with Crippen molar-refractivity contribution >= 4 is 5.91 Å². The number of fused-ring (bicyclic) bond motifs is 1. The number of aryl methyl sites for hydroxylation is 1. The van der Waals surface area contributed by atoms with Crippen LogP contribution in [0.3, 0.4) is 0 Å². The number of hydrogen-bond acceptors (Lipinski definition) is 3. The average Bonchev–Trinajstić information content (AvgIpc) is 2.72. The van der Waals surface area contributed by atoms with Gasteiger partial charge < -0.3 is 10.1 Å². The molecule has 27 heavy (non-hydrogen) atoms. The van der Waals surface area contributed by atoms with Gasteiger partial charge in [0.25, 0.3) is 0 Å². The fraction of sp³-hybridized carbons (Fsp3) is 0.478. The smallest absolute Gasteiger partial charge is 0.220 e. The number of aromatic nitrogens is 1. The molecule has 2 fully saturated rings. The van der Waals surface area contributed by atoms with E-state index in [9.17, 15) is 4.79 Å². The number of ether oxygens (including phenoxy) is 1. The van der Waals surface area contributed by atoms with Gasteiger partial charge in [0.2, 0.25) is 5.91 Å². The minimum absolute atomic E-state index is 0.159. The van der Waals surface area contributed by atoms with E-state index >= 15 is 0 Å². The van der Waals surface area contributed by atoms with E-state index < -0.39 is 0 Å². The van der Waals surface area contributed by atoms with Gasteiger partial charge >= 0.3 is 0 Å². The van der Waals surface area contributed by atoms with Gasteiger partial charge in [0.15, 0.2) is 0 Å². The van der Waals surface area contributed by atoms with E-state index in [0.29, 0.717) is 24.2 Å². The quantitative estimate of drug-likeness (QED) is 0.839. The molecule has 2 aliphatic carbocycles. The van der Waals surface area contributed by atoms with Crippen LogP contribution < -0.4 is 10.1 Å². The van der Waals surface area contributed by atoms with Crippen LogP contribution >= 0.6 is 0 Å². The Labute approximate surface area is 161 Å². The highest BCUT2D eigenvalue weighted by Gasteiger charge is 2.51. The van der Waals surface area contributed by atoms with Crippen molar-refractivity contribution in [1.29, 1.82) is 0 Å². The third-order valence-electron chi connectivity index (χ3n) is 6.38. The predicted octanol–water partition coefficient (Wildman–Crippen LogP) is 4.11. The molecule has 4 nitrogen and oxygen atoms in total. The summed E-state index contributed by atoms with van der Waals surface area (Å²) in [6.45, 7) is 0. The van der Waals surface area contributed by atoms with E-state index in [4.69, 9.17) is 4.74 Å². The molecule has 0 saturated heterocycles. The van der Waals surface area contributed by atoms with Gasteiger partial charge in [-0.25, -0.2) is 0 Å². The van der Waals surface area contributed by atoms with Gasteiger partial charge in [-0.1, -0.05) is 31.0 Å². The fourth-order valence-corrected chi connectivity index (χ4v) is 5.01. The predicted molar refractivity (Wildman–Crippen MR) is 106 cm³/mol. The van der Waals surface area contributed by atoms with Crippen molar-refractivity contribution in [2.75, 3.05) is 7.11 Å². The summed E-state index contributed by atoms with van der Waals surface area (Å²) < 4.78 is 5.30. The molecule has 4 atom stereocenters. The fourth-order valence-electron chi connectivity index (χ4n) is 5.01. The zero-order valence-corrected chi connectivity index (χ0v) is 15.9. The molecule has 1 amide bonds.